The van der Waals surface area contributed by atoms with Crippen LogP contribution in [0, 0.1) is 0 Å². The molecule has 0 aliphatic carbocycles. The van der Waals surface area contributed by atoms with Crippen molar-refractivity contribution < 1.29 is 0 Å². The third-order valence-corrected chi connectivity index (χ3v) is 3.61. The number of hydrogen-bond acceptors (Lipinski definition) is 4. The summed E-state index contributed by atoms with van der Waals surface area (Å²) in [6.45, 7) is 0. The standard InChI is InChI=1S/C14H15N5O2/c1-18-10(4-3-9-5-7-15-8-6-9)16-12-11(18)13(20)17-14(21)19(12)2/h5-8H,3-4H2,1-2H3,(H,17,20,21). The number of fused-ring (bicyclic) bond motifs is 1. The van der Waals surface area contributed by atoms with Crippen LogP contribution in [-0.4, -0.2) is 24.1 Å². The van der Waals surface area contributed by atoms with Crippen LogP contribution in [0.4, 0.5) is 0 Å². The fourth-order valence-corrected chi connectivity index (χ4v) is 2.38. The molecule has 7 heteroatoms. The Hall–Kier alpha value is -2.70. The predicted octanol–water partition coefficient (Wildman–Crippen LogP) is 0.140. The van der Waals surface area contributed by atoms with Gasteiger partial charge in [-0.2, -0.15) is 0 Å². The van der Waals surface area contributed by atoms with E-state index in [1.807, 2.05) is 12.1 Å². The lowest BCUT2D eigenvalue weighted by Gasteiger charge is -2.02. The molecule has 0 fully saturated rings. The molecule has 0 bridgehead atoms. The Morgan fingerprint density at radius 3 is 2.52 bits per heavy atom. The van der Waals surface area contributed by atoms with Gasteiger partial charge >= 0.3 is 5.69 Å². The van der Waals surface area contributed by atoms with Gasteiger partial charge in [-0.15, -0.1) is 0 Å². The number of nitrogens with zero attached hydrogens (tertiary/aromatic N) is 4. The van der Waals surface area contributed by atoms with Crippen molar-refractivity contribution in [3.63, 3.8) is 0 Å². The average Bonchev–Trinajstić information content (AvgIpc) is 2.81. The number of nitrogens with one attached hydrogen (secondary N) is 1. The summed E-state index contributed by atoms with van der Waals surface area (Å²) in [5, 5.41) is 0. The van der Waals surface area contributed by atoms with Gasteiger partial charge in [0.2, 0.25) is 0 Å². The zero-order valence-electron chi connectivity index (χ0n) is 11.8. The van der Waals surface area contributed by atoms with Gasteiger partial charge < -0.3 is 4.57 Å². The lowest BCUT2D eigenvalue weighted by Crippen LogP contribution is -2.29. The lowest BCUT2D eigenvalue weighted by atomic mass is 10.1. The molecule has 0 unspecified atom stereocenters. The molecule has 0 amide bonds. The number of H-pyrrole nitrogens is 1. The summed E-state index contributed by atoms with van der Waals surface area (Å²) in [5.74, 6) is 0.772. The Balaban J connectivity index is 2.03. The Labute approximate surface area is 119 Å². The minimum absolute atomic E-state index is 0.404. The van der Waals surface area contributed by atoms with Gasteiger partial charge in [0.1, 0.15) is 5.82 Å². The highest BCUT2D eigenvalue weighted by Gasteiger charge is 2.14. The molecule has 0 spiro atoms. The molecular formula is C14H15N5O2. The van der Waals surface area contributed by atoms with Gasteiger partial charge in [-0.05, 0) is 24.1 Å². The number of aromatic nitrogens is 5. The molecule has 21 heavy (non-hydrogen) atoms. The first kappa shape index (κ1) is 13.3. The maximum atomic E-state index is 11.9. The van der Waals surface area contributed by atoms with Crippen molar-refractivity contribution in [3.8, 4) is 0 Å². The first-order valence-electron chi connectivity index (χ1n) is 6.61. The Morgan fingerprint density at radius 2 is 1.81 bits per heavy atom. The number of aromatic amines is 1. The molecule has 3 rings (SSSR count). The predicted molar refractivity (Wildman–Crippen MR) is 78.2 cm³/mol. The van der Waals surface area contributed by atoms with Crippen molar-refractivity contribution in [2.45, 2.75) is 12.8 Å². The normalized spacial score (nSPS) is 11.1. The summed E-state index contributed by atoms with van der Waals surface area (Å²) in [6.07, 6.45) is 4.98. The van der Waals surface area contributed by atoms with Crippen LogP contribution >= 0.6 is 0 Å². The number of pyridine rings is 1. The number of rotatable bonds is 3. The van der Waals surface area contributed by atoms with E-state index >= 15 is 0 Å². The fourth-order valence-electron chi connectivity index (χ4n) is 2.38. The van der Waals surface area contributed by atoms with E-state index in [0.717, 1.165) is 17.8 Å². The van der Waals surface area contributed by atoms with Crippen molar-refractivity contribution in [1.29, 1.82) is 0 Å². The van der Waals surface area contributed by atoms with Crippen molar-refractivity contribution in [2.75, 3.05) is 0 Å². The van der Waals surface area contributed by atoms with Crippen LogP contribution in [-0.2, 0) is 26.9 Å². The summed E-state index contributed by atoms with van der Waals surface area (Å²) in [4.78, 5) is 34.2. The van der Waals surface area contributed by atoms with E-state index in [4.69, 9.17) is 0 Å². The zero-order chi connectivity index (χ0) is 15.0. The molecule has 7 nitrogen and oxygen atoms in total. The molecule has 0 aliphatic heterocycles. The molecule has 0 atom stereocenters. The zero-order valence-corrected chi connectivity index (χ0v) is 11.8. The Kier molecular flexibility index (Phi) is 3.17. The third kappa shape index (κ3) is 2.26. The summed E-state index contributed by atoms with van der Waals surface area (Å²) in [7, 11) is 3.39. The second-order valence-electron chi connectivity index (χ2n) is 4.93. The summed E-state index contributed by atoms with van der Waals surface area (Å²) >= 11 is 0. The highest BCUT2D eigenvalue weighted by atomic mass is 16.2. The number of aryl methyl sites for hydroxylation is 4. The second kappa shape index (κ2) is 5.01. The van der Waals surface area contributed by atoms with Crippen molar-refractivity contribution in [3.05, 3.63) is 56.8 Å². The molecular weight excluding hydrogens is 270 g/mol. The molecule has 0 aromatic carbocycles. The largest absolute Gasteiger partial charge is 0.329 e. The van der Waals surface area contributed by atoms with Crippen LogP contribution in [0.1, 0.15) is 11.4 Å². The van der Waals surface area contributed by atoms with E-state index in [9.17, 15) is 9.59 Å². The Morgan fingerprint density at radius 1 is 1.10 bits per heavy atom. The minimum atomic E-state index is -0.453. The molecule has 0 saturated heterocycles. The van der Waals surface area contributed by atoms with E-state index in [1.165, 1.54) is 4.57 Å². The summed E-state index contributed by atoms with van der Waals surface area (Å²) in [5.41, 5.74) is 1.13. The van der Waals surface area contributed by atoms with E-state index < -0.39 is 11.2 Å². The van der Waals surface area contributed by atoms with Crippen LogP contribution in [0.3, 0.4) is 0 Å². The minimum Gasteiger partial charge on any atom is -0.325 e. The van der Waals surface area contributed by atoms with Gasteiger partial charge in [0.15, 0.2) is 11.2 Å². The number of hydrogen-bond donors (Lipinski definition) is 1. The maximum Gasteiger partial charge on any atom is 0.329 e. The first-order chi connectivity index (χ1) is 10.1. The van der Waals surface area contributed by atoms with Crippen molar-refractivity contribution in [2.24, 2.45) is 14.1 Å². The molecule has 3 aromatic heterocycles. The second-order valence-corrected chi connectivity index (χ2v) is 4.93. The third-order valence-electron chi connectivity index (χ3n) is 3.61. The lowest BCUT2D eigenvalue weighted by molar-refractivity contribution is 0.784. The van der Waals surface area contributed by atoms with Gasteiger partial charge in [-0.1, -0.05) is 0 Å². The summed E-state index contributed by atoms with van der Waals surface area (Å²) in [6, 6.07) is 3.90. The molecule has 3 heterocycles. The highest BCUT2D eigenvalue weighted by Crippen LogP contribution is 2.11. The van der Waals surface area contributed by atoms with Crippen LogP contribution in [0.5, 0.6) is 0 Å². The van der Waals surface area contributed by atoms with Gasteiger partial charge in [0.25, 0.3) is 5.56 Å². The summed E-state index contributed by atoms with van der Waals surface area (Å²) < 4.78 is 3.10. The Bertz CT molecular complexity index is 905. The molecule has 1 N–H and O–H groups in total. The smallest absolute Gasteiger partial charge is 0.325 e. The van der Waals surface area contributed by atoms with Crippen molar-refractivity contribution in [1.82, 2.24) is 24.1 Å². The van der Waals surface area contributed by atoms with E-state index in [0.29, 0.717) is 17.6 Å². The van der Waals surface area contributed by atoms with Crippen LogP contribution in [0.15, 0.2) is 34.1 Å². The highest BCUT2D eigenvalue weighted by molar-refractivity contribution is 5.70. The molecule has 0 aliphatic rings. The first-order valence-corrected chi connectivity index (χ1v) is 6.61. The van der Waals surface area contributed by atoms with E-state index in [-0.39, 0.29) is 0 Å². The van der Waals surface area contributed by atoms with Gasteiger partial charge in [-0.25, -0.2) is 9.78 Å². The molecule has 3 aromatic rings. The quantitative estimate of drug-likeness (QED) is 0.741. The monoisotopic (exact) mass is 285 g/mol. The van der Waals surface area contributed by atoms with Crippen LogP contribution in [0.2, 0.25) is 0 Å². The number of imidazole rings is 1. The average molecular weight is 285 g/mol. The van der Waals surface area contributed by atoms with E-state index in [2.05, 4.69) is 15.0 Å². The van der Waals surface area contributed by atoms with Crippen LogP contribution in [0.25, 0.3) is 11.2 Å². The van der Waals surface area contributed by atoms with Gasteiger partial charge in [0.05, 0.1) is 0 Å². The maximum absolute atomic E-state index is 11.9. The fraction of sp³-hybridized carbons (Fsp3) is 0.286. The van der Waals surface area contributed by atoms with Crippen molar-refractivity contribution >= 4 is 11.2 Å². The SMILES string of the molecule is Cn1c(CCc2ccncc2)nc2c1c(=O)[nH]c(=O)n2C. The topological polar surface area (TPSA) is 85.6 Å². The van der Waals surface area contributed by atoms with E-state index in [1.54, 1.807) is 31.1 Å². The molecule has 108 valence electrons. The van der Waals surface area contributed by atoms with Gasteiger partial charge in [-0.3, -0.25) is 19.3 Å². The van der Waals surface area contributed by atoms with Crippen LogP contribution < -0.4 is 11.2 Å². The molecule has 0 saturated carbocycles. The van der Waals surface area contributed by atoms with Gasteiger partial charge in [0, 0.05) is 32.9 Å². The molecule has 0 radical (unpaired) electrons.